The molecule has 0 aliphatic carbocycles. The first-order chi connectivity index (χ1) is 16.5. The number of aryl methyl sites for hydroxylation is 2. The van der Waals surface area contributed by atoms with Gasteiger partial charge in [0.05, 0.1) is 25.5 Å². The van der Waals surface area contributed by atoms with Crippen molar-refractivity contribution in [2.24, 2.45) is 0 Å². The maximum absolute atomic E-state index is 13.6. The second-order valence-corrected chi connectivity index (χ2v) is 8.67. The van der Waals surface area contributed by atoms with E-state index < -0.39 is 6.04 Å². The first kappa shape index (κ1) is 21.8. The van der Waals surface area contributed by atoms with Crippen LogP contribution in [0.25, 0.3) is 11.3 Å². The van der Waals surface area contributed by atoms with Gasteiger partial charge in [-0.2, -0.15) is 5.10 Å². The van der Waals surface area contributed by atoms with Crippen molar-refractivity contribution in [1.29, 1.82) is 0 Å². The molecular formula is C27H27N3O4. The van der Waals surface area contributed by atoms with E-state index in [9.17, 15) is 9.90 Å². The lowest BCUT2D eigenvalue weighted by Crippen LogP contribution is -2.29. The number of fused-ring (bicyclic) bond motifs is 1. The fourth-order valence-corrected chi connectivity index (χ4v) is 4.71. The predicted molar refractivity (Wildman–Crippen MR) is 128 cm³/mol. The summed E-state index contributed by atoms with van der Waals surface area (Å²) in [4.78, 5) is 15.3. The Morgan fingerprint density at radius 3 is 2.76 bits per heavy atom. The number of carbonyl (C=O) groups is 1. The highest BCUT2D eigenvalue weighted by Gasteiger charge is 2.43. The van der Waals surface area contributed by atoms with Gasteiger partial charge in [-0.05, 0) is 67.3 Å². The van der Waals surface area contributed by atoms with Gasteiger partial charge in [-0.1, -0.05) is 25.1 Å². The number of hydrogen-bond acceptors (Lipinski definition) is 5. The van der Waals surface area contributed by atoms with Gasteiger partial charge < -0.3 is 19.2 Å². The molecule has 2 aromatic heterocycles. The number of furan rings is 1. The Morgan fingerprint density at radius 1 is 1.18 bits per heavy atom. The van der Waals surface area contributed by atoms with Crippen LogP contribution < -0.4 is 4.74 Å². The van der Waals surface area contributed by atoms with Gasteiger partial charge in [0, 0.05) is 11.1 Å². The number of aromatic nitrogens is 2. The van der Waals surface area contributed by atoms with Gasteiger partial charge in [0.2, 0.25) is 0 Å². The highest BCUT2D eigenvalue weighted by atomic mass is 16.5. The molecule has 2 N–H and O–H groups in total. The monoisotopic (exact) mass is 457 g/mol. The molecule has 7 heteroatoms. The number of amides is 1. The summed E-state index contributed by atoms with van der Waals surface area (Å²) >= 11 is 0. The van der Waals surface area contributed by atoms with Crippen LogP contribution in [0.2, 0.25) is 0 Å². The molecule has 2 aromatic carbocycles. The number of phenolic OH excluding ortho intramolecular Hbond substituents is 1. The molecule has 34 heavy (non-hydrogen) atoms. The van der Waals surface area contributed by atoms with Crippen LogP contribution in [0.15, 0.2) is 59.2 Å². The van der Waals surface area contributed by atoms with Crippen LogP contribution in [-0.4, -0.2) is 32.7 Å². The number of nitrogens with one attached hydrogen (secondary N) is 1. The number of benzene rings is 2. The van der Waals surface area contributed by atoms with E-state index in [0.29, 0.717) is 35.9 Å². The molecule has 0 spiro atoms. The lowest BCUT2D eigenvalue weighted by Gasteiger charge is -2.26. The zero-order valence-corrected chi connectivity index (χ0v) is 19.5. The van der Waals surface area contributed by atoms with Crippen molar-refractivity contribution in [3.8, 4) is 22.8 Å². The van der Waals surface area contributed by atoms with Gasteiger partial charge in [0.15, 0.2) is 0 Å². The number of aromatic hydroxyl groups is 1. The Morgan fingerprint density at radius 2 is 2.03 bits per heavy atom. The molecule has 3 heterocycles. The minimum Gasteiger partial charge on any atom is -0.507 e. The summed E-state index contributed by atoms with van der Waals surface area (Å²) in [6, 6.07) is 14.8. The summed E-state index contributed by atoms with van der Waals surface area (Å²) in [7, 11) is 0. The lowest BCUT2D eigenvalue weighted by molar-refractivity contribution is 0.0716. The predicted octanol–water partition coefficient (Wildman–Crippen LogP) is 5.53. The third-order valence-corrected chi connectivity index (χ3v) is 6.11. The van der Waals surface area contributed by atoms with Crippen LogP contribution in [0.4, 0.5) is 0 Å². The van der Waals surface area contributed by atoms with E-state index in [1.54, 1.807) is 17.2 Å². The van der Waals surface area contributed by atoms with Gasteiger partial charge in [-0.25, -0.2) is 0 Å². The van der Waals surface area contributed by atoms with Crippen LogP contribution in [0.5, 0.6) is 11.5 Å². The van der Waals surface area contributed by atoms with Crippen LogP contribution in [0, 0.1) is 13.8 Å². The first-order valence-electron chi connectivity index (χ1n) is 11.4. The van der Waals surface area contributed by atoms with Crippen LogP contribution in [0.3, 0.4) is 0 Å². The second kappa shape index (κ2) is 8.74. The summed E-state index contributed by atoms with van der Waals surface area (Å²) in [5.41, 5.74) is 5.11. The summed E-state index contributed by atoms with van der Waals surface area (Å²) < 4.78 is 11.4. The Kier molecular flexibility index (Phi) is 5.61. The highest BCUT2D eigenvalue weighted by molar-refractivity contribution is 6.00. The van der Waals surface area contributed by atoms with Crippen LogP contribution in [0.1, 0.15) is 57.9 Å². The molecule has 5 rings (SSSR count). The smallest absolute Gasteiger partial charge is 0.273 e. The van der Waals surface area contributed by atoms with Crippen molar-refractivity contribution < 1.29 is 19.1 Å². The van der Waals surface area contributed by atoms with Gasteiger partial charge in [-0.15, -0.1) is 0 Å². The fourth-order valence-electron chi connectivity index (χ4n) is 4.71. The molecule has 0 bridgehead atoms. The topological polar surface area (TPSA) is 91.6 Å². The van der Waals surface area contributed by atoms with E-state index >= 15 is 0 Å². The van der Waals surface area contributed by atoms with Crippen molar-refractivity contribution in [1.82, 2.24) is 15.1 Å². The van der Waals surface area contributed by atoms with Crippen molar-refractivity contribution in [3.63, 3.8) is 0 Å². The van der Waals surface area contributed by atoms with Crippen LogP contribution in [-0.2, 0) is 6.54 Å². The number of ether oxygens (including phenoxy) is 1. The van der Waals surface area contributed by atoms with E-state index in [0.717, 1.165) is 34.4 Å². The van der Waals surface area contributed by atoms with E-state index in [2.05, 4.69) is 17.1 Å². The molecule has 1 aliphatic rings. The van der Waals surface area contributed by atoms with Gasteiger partial charge in [0.1, 0.15) is 28.6 Å². The average Bonchev–Trinajstić information content (AvgIpc) is 3.52. The molecule has 0 saturated carbocycles. The number of nitrogens with zero attached hydrogens (tertiary/aromatic N) is 2. The summed E-state index contributed by atoms with van der Waals surface area (Å²) in [5, 5.41) is 18.3. The lowest BCUT2D eigenvalue weighted by atomic mass is 9.93. The number of aromatic amines is 1. The molecule has 0 radical (unpaired) electrons. The number of H-pyrrole nitrogens is 1. The minimum atomic E-state index is -0.424. The number of rotatable bonds is 7. The number of phenols is 1. The normalized spacial score (nSPS) is 15.1. The minimum absolute atomic E-state index is 0.141. The summed E-state index contributed by atoms with van der Waals surface area (Å²) in [5.74, 6) is 1.41. The largest absolute Gasteiger partial charge is 0.507 e. The number of carbonyl (C=O) groups excluding carboxylic acids is 1. The fraction of sp³-hybridized carbons (Fsp3) is 0.259. The molecule has 174 valence electrons. The van der Waals surface area contributed by atoms with Crippen molar-refractivity contribution in [3.05, 3.63) is 88.5 Å². The quantitative estimate of drug-likeness (QED) is 0.381. The van der Waals surface area contributed by atoms with Crippen molar-refractivity contribution in [2.45, 2.75) is 39.8 Å². The van der Waals surface area contributed by atoms with E-state index in [4.69, 9.17) is 9.15 Å². The molecule has 7 nitrogen and oxygen atoms in total. The second-order valence-electron chi connectivity index (χ2n) is 8.67. The Balaban J connectivity index is 1.67. The van der Waals surface area contributed by atoms with E-state index in [1.807, 2.05) is 56.3 Å². The first-order valence-corrected chi connectivity index (χ1v) is 11.4. The molecule has 1 aliphatic heterocycles. The van der Waals surface area contributed by atoms with Gasteiger partial charge in [0.25, 0.3) is 5.91 Å². The zero-order chi connectivity index (χ0) is 23.8. The molecule has 1 unspecified atom stereocenters. The molecule has 1 amide bonds. The Labute approximate surface area is 198 Å². The maximum Gasteiger partial charge on any atom is 0.273 e. The van der Waals surface area contributed by atoms with Crippen molar-refractivity contribution in [2.75, 3.05) is 6.61 Å². The summed E-state index contributed by atoms with van der Waals surface area (Å²) in [6.07, 6.45) is 2.50. The standard InChI is InChI=1S/C27H27N3O4/c1-4-10-33-19-8-5-7-18(14-19)26-23-24(22-17(3)12-16(2)13-21(22)31)28-29-25(23)27(32)30(26)15-20-9-6-11-34-20/h5-9,11-14,26,31H,4,10,15H2,1-3H3,(H,28,29). The highest BCUT2D eigenvalue weighted by Crippen LogP contribution is 2.46. The molecule has 1 atom stereocenters. The molecule has 0 saturated heterocycles. The molecule has 4 aromatic rings. The van der Waals surface area contributed by atoms with Gasteiger partial charge >= 0.3 is 0 Å². The maximum atomic E-state index is 13.6. The number of hydrogen-bond donors (Lipinski definition) is 2. The Hall–Kier alpha value is -4.00. The third kappa shape index (κ3) is 3.73. The summed E-state index contributed by atoms with van der Waals surface area (Å²) in [6.45, 7) is 6.85. The van der Waals surface area contributed by atoms with E-state index in [-0.39, 0.29) is 11.7 Å². The molecule has 0 fully saturated rings. The van der Waals surface area contributed by atoms with Crippen LogP contribution >= 0.6 is 0 Å². The molecular weight excluding hydrogens is 430 g/mol. The average molecular weight is 458 g/mol. The van der Waals surface area contributed by atoms with Crippen molar-refractivity contribution >= 4 is 5.91 Å². The zero-order valence-electron chi connectivity index (χ0n) is 19.5. The van der Waals surface area contributed by atoms with Gasteiger partial charge in [-0.3, -0.25) is 9.89 Å². The van der Waals surface area contributed by atoms with E-state index in [1.165, 1.54) is 0 Å². The third-order valence-electron chi connectivity index (χ3n) is 6.11. The SMILES string of the molecule is CCCOc1cccc(C2c3c(-c4c(C)cc(C)cc4O)n[nH]c3C(=O)N2Cc2ccco2)c1. The Bertz CT molecular complexity index is 1320.